The van der Waals surface area contributed by atoms with Crippen molar-refractivity contribution in [1.82, 2.24) is 5.43 Å². The van der Waals surface area contributed by atoms with Gasteiger partial charge in [0.25, 0.3) is 6.47 Å². The van der Waals surface area contributed by atoms with Gasteiger partial charge >= 0.3 is 6.18 Å². The molecular weight excluding hydrogens is 394 g/mol. The van der Waals surface area contributed by atoms with Gasteiger partial charge in [-0.3, -0.25) is 9.59 Å². The second kappa shape index (κ2) is 9.18. The van der Waals surface area contributed by atoms with E-state index in [0.29, 0.717) is 18.2 Å². The number of halogens is 4. The maximum atomic E-state index is 13.9. The van der Waals surface area contributed by atoms with E-state index in [2.05, 4.69) is 15.8 Å². The summed E-state index contributed by atoms with van der Waals surface area (Å²) < 4.78 is 51.6. The molecule has 0 bridgehead atoms. The Bertz CT molecular complexity index is 912. The Kier molecular flexibility index (Phi) is 6.92. The van der Waals surface area contributed by atoms with E-state index in [4.69, 9.17) is 9.90 Å². The van der Waals surface area contributed by atoms with Gasteiger partial charge in [-0.05, 0) is 35.9 Å². The third-order valence-electron chi connectivity index (χ3n) is 4.02. The zero-order valence-corrected chi connectivity index (χ0v) is 15.1. The molecule has 0 saturated heterocycles. The fourth-order valence-corrected chi connectivity index (χ4v) is 2.67. The Hall–Kier alpha value is -3.43. The van der Waals surface area contributed by atoms with E-state index < -0.39 is 17.6 Å². The first-order chi connectivity index (χ1) is 13.7. The van der Waals surface area contributed by atoms with Crippen molar-refractivity contribution < 1.29 is 32.3 Å². The molecule has 29 heavy (non-hydrogen) atoms. The molecule has 6 nitrogen and oxygen atoms in total. The summed E-state index contributed by atoms with van der Waals surface area (Å²) in [5.41, 5.74) is 3.39. The average molecular weight is 411 g/mol. The molecule has 0 radical (unpaired) electrons. The number of rotatable bonds is 3. The smallest absolute Gasteiger partial charge is 0.416 e. The zero-order valence-electron chi connectivity index (χ0n) is 15.1. The summed E-state index contributed by atoms with van der Waals surface area (Å²) in [6.07, 6.45) is -4.25. The zero-order chi connectivity index (χ0) is 21.6. The molecule has 1 amide bonds. The van der Waals surface area contributed by atoms with Crippen LogP contribution in [-0.2, 0) is 15.8 Å². The summed E-state index contributed by atoms with van der Waals surface area (Å²) >= 11 is 0. The van der Waals surface area contributed by atoms with Crippen LogP contribution in [0.3, 0.4) is 0 Å². The van der Waals surface area contributed by atoms with Crippen LogP contribution in [0.4, 0.5) is 28.9 Å². The Labute approximate surface area is 163 Å². The molecule has 0 aliphatic carbocycles. The van der Waals surface area contributed by atoms with Crippen LogP contribution in [-0.4, -0.2) is 23.2 Å². The summed E-state index contributed by atoms with van der Waals surface area (Å²) in [5, 5.41) is 13.7. The molecule has 3 rings (SSSR count). The lowest BCUT2D eigenvalue weighted by atomic mass is 9.94. The number of nitrogens with one attached hydrogen (secondary N) is 2. The number of nitrogens with zero attached hydrogens (tertiary/aromatic N) is 1. The molecule has 0 unspecified atom stereocenters. The minimum Gasteiger partial charge on any atom is -0.483 e. The lowest BCUT2D eigenvalue weighted by Crippen LogP contribution is -2.31. The molecule has 0 spiro atoms. The maximum Gasteiger partial charge on any atom is 0.416 e. The molecular formula is C19H17F4N3O3. The highest BCUT2D eigenvalue weighted by atomic mass is 19.4. The SMILES string of the molecule is C[C@@H]1CC(=O)NN=C1c1ccc(Nc2ccc(C(F)(F)F)cc2F)cc1.O=CO. The van der Waals surface area contributed by atoms with Gasteiger partial charge in [-0.2, -0.15) is 18.3 Å². The Balaban J connectivity index is 0.000000941. The van der Waals surface area contributed by atoms with Crippen LogP contribution >= 0.6 is 0 Å². The number of carbonyl (C=O) groups is 2. The lowest BCUT2D eigenvalue weighted by Gasteiger charge is -2.19. The number of hydrazone groups is 1. The molecule has 1 heterocycles. The fraction of sp³-hybridized carbons (Fsp3) is 0.211. The van der Waals surface area contributed by atoms with Crippen molar-refractivity contribution in [3.8, 4) is 0 Å². The molecule has 0 fully saturated rings. The summed E-state index contributed by atoms with van der Waals surface area (Å²) in [7, 11) is 0. The molecule has 1 atom stereocenters. The second-order valence-corrected chi connectivity index (χ2v) is 6.14. The van der Waals surface area contributed by atoms with E-state index in [-0.39, 0.29) is 24.0 Å². The third kappa shape index (κ3) is 5.77. The number of carboxylic acid groups (broad SMARTS) is 1. The average Bonchev–Trinajstić information content (AvgIpc) is 2.64. The van der Waals surface area contributed by atoms with Crippen LogP contribution in [0.2, 0.25) is 0 Å². The van der Waals surface area contributed by atoms with Gasteiger partial charge in [-0.1, -0.05) is 19.1 Å². The molecule has 0 saturated carbocycles. The number of hydrogen-bond donors (Lipinski definition) is 3. The van der Waals surface area contributed by atoms with Gasteiger partial charge in [-0.15, -0.1) is 0 Å². The van der Waals surface area contributed by atoms with Gasteiger partial charge in [-0.25, -0.2) is 9.82 Å². The number of benzene rings is 2. The molecule has 154 valence electrons. The van der Waals surface area contributed by atoms with Crippen LogP contribution in [0.25, 0.3) is 0 Å². The number of hydrogen-bond acceptors (Lipinski definition) is 4. The van der Waals surface area contributed by atoms with Crippen molar-refractivity contribution in [2.24, 2.45) is 11.0 Å². The van der Waals surface area contributed by atoms with Crippen LogP contribution in [0.5, 0.6) is 0 Å². The normalized spacial score (nSPS) is 16.1. The molecule has 2 aromatic carbocycles. The van der Waals surface area contributed by atoms with E-state index in [1.165, 1.54) is 0 Å². The first kappa shape index (κ1) is 21.9. The quantitative estimate of drug-likeness (QED) is 0.523. The van der Waals surface area contributed by atoms with Gasteiger partial charge < -0.3 is 10.4 Å². The minimum absolute atomic E-state index is 0.0325. The topological polar surface area (TPSA) is 90.8 Å². The molecule has 1 aliphatic heterocycles. The van der Waals surface area contributed by atoms with Gasteiger partial charge in [0.15, 0.2) is 0 Å². The Morgan fingerprint density at radius 3 is 2.34 bits per heavy atom. The van der Waals surface area contributed by atoms with Crippen molar-refractivity contribution in [3.05, 3.63) is 59.4 Å². The molecule has 1 aliphatic rings. The number of carbonyl (C=O) groups excluding carboxylic acids is 1. The van der Waals surface area contributed by atoms with Crippen molar-refractivity contribution in [3.63, 3.8) is 0 Å². The van der Waals surface area contributed by atoms with E-state index in [1.54, 1.807) is 24.3 Å². The maximum absolute atomic E-state index is 13.9. The summed E-state index contributed by atoms with van der Waals surface area (Å²) in [5.74, 6) is -1.16. The van der Waals surface area contributed by atoms with E-state index in [0.717, 1.165) is 23.4 Å². The van der Waals surface area contributed by atoms with Gasteiger partial charge in [0.1, 0.15) is 5.82 Å². The Morgan fingerprint density at radius 1 is 1.21 bits per heavy atom. The number of alkyl halides is 3. The highest BCUT2D eigenvalue weighted by Crippen LogP contribution is 2.32. The fourth-order valence-electron chi connectivity index (χ4n) is 2.67. The van der Waals surface area contributed by atoms with Crippen LogP contribution in [0.1, 0.15) is 24.5 Å². The number of anilines is 2. The predicted octanol–water partition coefficient (Wildman–Crippen LogP) is 4.15. The predicted molar refractivity (Wildman–Crippen MR) is 98.3 cm³/mol. The lowest BCUT2D eigenvalue weighted by molar-refractivity contribution is -0.137. The van der Waals surface area contributed by atoms with E-state index in [9.17, 15) is 22.4 Å². The molecule has 2 aromatic rings. The monoisotopic (exact) mass is 411 g/mol. The summed E-state index contributed by atoms with van der Waals surface area (Å²) in [6, 6.07) is 9.15. The molecule has 0 aromatic heterocycles. The van der Waals surface area contributed by atoms with Crippen molar-refractivity contribution in [1.29, 1.82) is 0 Å². The van der Waals surface area contributed by atoms with Crippen molar-refractivity contribution in [2.75, 3.05) is 5.32 Å². The highest BCUT2D eigenvalue weighted by molar-refractivity contribution is 6.05. The van der Waals surface area contributed by atoms with E-state index in [1.807, 2.05) is 6.92 Å². The Morgan fingerprint density at radius 2 is 1.83 bits per heavy atom. The van der Waals surface area contributed by atoms with Crippen molar-refractivity contribution in [2.45, 2.75) is 19.5 Å². The third-order valence-corrected chi connectivity index (χ3v) is 4.02. The first-order valence-electron chi connectivity index (χ1n) is 8.34. The highest BCUT2D eigenvalue weighted by Gasteiger charge is 2.31. The summed E-state index contributed by atoms with van der Waals surface area (Å²) in [6.45, 7) is 1.64. The van der Waals surface area contributed by atoms with Crippen LogP contribution in [0, 0.1) is 11.7 Å². The van der Waals surface area contributed by atoms with E-state index >= 15 is 0 Å². The van der Waals surface area contributed by atoms with Gasteiger partial charge in [0, 0.05) is 18.0 Å². The number of amides is 1. The largest absolute Gasteiger partial charge is 0.483 e. The first-order valence-corrected chi connectivity index (χ1v) is 8.34. The van der Waals surface area contributed by atoms with Crippen molar-refractivity contribution >= 4 is 29.5 Å². The second-order valence-electron chi connectivity index (χ2n) is 6.14. The van der Waals surface area contributed by atoms with Gasteiger partial charge in [0.2, 0.25) is 5.91 Å². The van der Waals surface area contributed by atoms with Gasteiger partial charge in [0.05, 0.1) is 17.0 Å². The summed E-state index contributed by atoms with van der Waals surface area (Å²) in [4.78, 5) is 19.7. The standard InChI is InChI=1S/C18H15F4N3O.CH2O2/c1-10-8-16(26)24-25-17(10)11-2-5-13(6-3-11)23-15-7-4-12(9-14(15)19)18(20,21)22;2-1-3/h2-7,9-10,23H,8H2,1H3,(H,24,26);1H,(H,2,3)/t10-;/m1./s1. The minimum atomic E-state index is -4.59. The van der Waals surface area contributed by atoms with Crippen LogP contribution < -0.4 is 10.7 Å². The molecule has 3 N–H and O–H groups in total. The van der Waals surface area contributed by atoms with Crippen LogP contribution in [0.15, 0.2) is 47.6 Å². The molecule has 10 heteroatoms.